The molecule has 2 aromatic carbocycles. The van der Waals surface area contributed by atoms with Crippen molar-refractivity contribution in [3.8, 4) is 11.5 Å². The minimum absolute atomic E-state index is 0.0336. The highest BCUT2D eigenvalue weighted by atomic mass is 32.2. The van der Waals surface area contributed by atoms with Crippen LogP contribution < -0.4 is 19.1 Å². The lowest BCUT2D eigenvalue weighted by atomic mass is 10.1. The molecule has 29 heavy (non-hydrogen) atoms. The number of rotatable bonds is 7. The van der Waals surface area contributed by atoms with Crippen molar-refractivity contribution in [3.63, 3.8) is 0 Å². The summed E-state index contributed by atoms with van der Waals surface area (Å²) in [5, 5.41) is 13.6. The largest absolute Gasteiger partial charge is 0.454 e. The Labute approximate surface area is 167 Å². The summed E-state index contributed by atoms with van der Waals surface area (Å²) in [6.45, 7) is 2.51. The molecule has 1 amide bonds. The Morgan fingerprint density at radius 2 is 1.97 bits per heavy atom. The van der Waals surface area contributed by atoms with Gasteiger partial charge in [0, 0.05) is 12.1 Å². The summed E-state index contributed by atoms with van der Waals surface area (Å²) < 4.78 is 36.6. The van der Waals surface area contributed by atoms with Crippen LogP contribution in [0.4, 0.5) is 17.1 Å². The number of fused-ring (bicyclic) bond motifs is 1. The first kappa shape index (κ1) is 20.4. The van der Waals surface area contributed by atoms with Gasteiger partial charge >= 0.3 is 0 Å². The molecule has 0 atom stereocenters. The molecular weight excluding hydrogens is 402 g/mol. The second-order valence-electron chi connectivity index (χ2n) is 6.20. The van der Waals surface area contributed by atoms with Gasteiger partial charge in [-0.15, -0.1) is 0 Å². The van der Waals surface area contributed by atoms with Crippen molar-refractivity contribution >= 4 is 33.0 Å². The third-order valence-electron chi connectivity index (χ3n) is 4.41. The predicted octanol–water partition coefficient (Wildman–Crippen LogP) is 2.43. The molecule has 0 saturated heterocycles. The number of hydrogen-bond donors (Lipinski definition) is 1. The van der Waals surface area contributed by atoms with Crippen LogP contribution in [-0.2, 0) is 14.8 Å². The molecule has 11 heteroatoms. The standard InChI is InChI=1S/C18H19N3O7S/c1-3-29(25,26)20(13-7-8-16-17(9-13)28-11-27-16)10-18(22)19-14-5-4-6-15(12(14)2)21(23)24/h4-9H,3,10-11H2,1-2H3,(H,19,22). The van der Waals surface area contributed by atoms with Crippen molar-refractivity contribution in [1.29, 1.82) is 0 Å². The summed E-state index contributed by atoms with van der Waals surface area (Å²) in [7, 11) is -3.78. The van der Waals surface area contributed by atoms with Crippen LogP contribution >= 0.6 is 0 Å². The summed E-state index contributed by atoms with van der Waals surface area (Å²) in [6.07, 6.45) is 0. The number of benzene rings is 2. The smallest absolute Gasteiger partial charge is 0.274 e. The first-order valence-electron chi connectivity index (χ1n) is 8.67. The lowest BCUT2D eigenvalue weighted by Crippen LogP contribution is -2.39. The third kappa shape index (κ3) is 4.24. The zero-order chi connectivity index (χ0) is 21.2. The molecule has 0 aromatic heterocycles. The summed E-state index contributed by atoms with van der Waals surface area (Å²) in [5.74, 6) is 0.0150. The lowest BCUT2D eigenvalue weighted by molar-refractivity contribution is -0.385. The molecule has 154 valence electrons. The van der Waals surface area contributed by atoms with Gasteiger partial charge in [-0.25, -0.2) is 8.42 Å². The fourth-order valence-corrected chi connectivity index (χ4v) is 3.88. The van der Waals surface area contributed by atoms with E-state index in [-0.39, 0.29) is 35.2 Å². The first-order chi connectivity index (χ1) is 13.7. The Morgan fingerprint density at radius 3 is 2.66 bits per heavy atom. The van der Waals surface area contributed by atoms with E-state index < -0.39 is 27.4 Å². The fraction of sp³-hybridized carbons (Fsp3) is 0.278. The SMILES string of the molecule is CCS(=O)(=O)N(CC(=O)Nc1cccc([N+](=O)[O-])c1C)c1ccc2c(c1)OCO2. The topological polar surface area (TPSA) is 128 Å². The van der Waals surface area contributed by atoms with E-state index in [1.807, 2.05) is 0 Å². The zero-order valence-electron chi connectivity index (χ0n) is 15.7. The van der Waals surface area contributed by atoms with Gasteiger partial charge in [0.25, 0.3) is 5.69 Å². The molecule has 1 aliphatic rings. The molecule has 0 unspecified atom stereocenters. The van der Waals surface area contributed by atoms with Crippen LogP contribution in [0.5, 0.6) is 11.5 Å². The highest BCUT2D eigenvalue weighted by Crippen LogP contribution is 2.36. The predicted molar refractivity (Wildman–Crippen MR) is 106 cm³/mol. The van der Waals surface area contributed by atoms with Gasteiger partial charge in [0.2, 0.25) is 22.7 Å². The summed E-state index contributed by atoms with van der Waals surface area (Å²) in [4.78, 5) is 23.1. The molecule has 0 bridgehead atoms. The molecule has 0 radical (unpaired) electrons. The molecule has 0 spiro atoms. The van der Waals surface area contributed by atoms with Gasteiger partial charge < -0.3 is 14.8 Å². The van der Waals surface area contributed by atoms with Crippen LogP contribution in [0.3, 0.4) is 0 Å². The zero-order valence-corrected chi connectivity index (χ0v) is 16.6. The Hall–Kier alpha value is -3.34. The van der Waals surface area contributed by atoms with E-state index in [9.17, 15) is 23.3 Å². The first-order valence-corrected chi connectivity index (χ1v) is 10.3. The molecular formula is C18H19N3O7S. The van der Waals surface area contributed by atoms with Crippen LogP contribution in [0.25, 0.3) is 0 Å². The maximum atomic E-state index is 12.6. The van der Waals surface area contributed by atoms with Gasteiger partial charge in [-0.1, -0.05) is 6.07 Å². The number of amides is 1. The van der Waals surface area contributed by atoms with E-state index >= 15 is 0 Å². The normalized spacial score (nSPS) is 12.5. The van der Waals surface area contributed by atoms with Crippen LogP contribution in [0.1, 0.15) is 12.5 Å². The highest BCUT2D eigenvalue weighted by Gasteiger charge is 2.26. The number of nitrogens with zero attached hydrogens (tertiary/aromatic N) is 2. The Balaban J connectivity index is 1.86. The van der Waals surface area contributed by atoms with E-state index in [2.05, 4.69) is 5.32 Å². The Morgan fingerprint density at radius 1 is 1.24 bits per heavy atom. The minimum atomic E-state index is -3.78. The van der Waals surface area contributed by atoms with Gasteiger partial charge in [0.1, 0.15) is 6.54 Å². The van der Waals surface area contributed by atoms with Crippen molar-refractivity contribution in [2.24, 2.45) is 0 Å². The molecule has 0 fully saturated rings. The van der Waals surface area contributed by atoms with Crippen molar-refractivity contribution in [2.75, 3.05) is 28.7 Å². The van der Waals surface area contributed by atoms with Crippen LogP contribution in [0.15, 0.2) is 36.4 Å². The van der Waals surface area contributed by atoms with Crippen molar-refractivity contribution in [3.05, 3.63) is 52.1 Å². The number of sulfonamides is 1. The van der Waals surface area contributed by atoms with Crippen LogP contribution in [0, 0.1) is 17.0 Å². The number of carbonyl (C=O) groups excluding carboxylic acids is 1. The number of ether oxygens (including phenoxy) is 2. The van der Waals surface area contributed by atoms with E-state index in [4.69, 9.17) is 9.47 Å². The van der Waals surface area contributed by atoms with Gasteiger partial charge in [-0.05, 0) is 32.0 Å². The fourth-order valence-electron chi connectivity index (χ4n) is 2.82. The number of anilines is 2. The van der Waals surface area contributed by atoms with E-state index in [0.29, 0.717) is 11.5 Å². The molecule has 3 rings (SSSR count). The number of carbonyl (C=O) groups is 1. The number of nitro benzene ring substituents is 1. The second kappa shape index (κ2) is 7.95. The van der Waals surface area contributed by atoms with Gasteiger partial charge in [0.15, 0.2) is 11.5 Å². The minimum Gasteiger partial charge on any atom is -0.454 e. The Kier molecular flexibility index (Phi) is 5.59. The monoisotopic (exact) mass is 421 g/mol. The van der Waals surface area contributed by atoms with E-state index in [0.717, 1.165) is 4.31 Å². The number of hydrogen-bond acceptors (Lipinski definition) is 7. The maximum Gasteiger partial charge on any atom is 0.274 e. The third-order valence-corrected chi connectivity index (χ3v) is 6.15. The quantitative estimate of drug-likeness (QED) is 0.537. The average molecular weight is 421 g/mol. The number of nitro groups is 1. The molecule has 10 nitrogen and oxygen atoms in total. The molecule has 1 N–H and O–H groups in total. The molecule has 2 aromatic rings. The summed E-state index contributed by atoms with van der Waals surface area (Å²) in [5.41, 5.74) is 0.626. The van der Waals surface area contributed by atoms with Gasteiger partial charge in [-0.2, -0.15) is 0 Å². The summed E-state index contributed by atoms with van der Waals surface area (Å²) >= 11 is 0. The average Bonchev–Trinajstić information content (AvgIpc) is 3.15. The van der Waals surface area contributed by atoms with E-state index in [1.165, 1.54) is 44.2 Å². The lowest BCUT2D eigenvalue weighted by Gasteiger charge is -2.23. The maximum absolute atomic E-state index is 12.6. The Bertz CT molecular complexity index is 1070. The molecule has 1 aliphatic heterocycles. The second-order valence-corrected chi connectivity index (χ2v) is 8.38. The van der Waals surface area contributed by atoms with Crippen molar-refractivity contribution in [2.45, 2.75) is 13.8 Å². The molecule has 1 heterocycles. The summed E-state index contributed by atoms with van der Waals surface area (Å²) in [6, 6.07) is 8.86. The molecule has 0 saturated carbocycles. The number of nitrogens with one attached hydrogen (secondary N) is 1. The van der Waals surface area contributed by atoms with E-state index in [1.54, 1.807) is 6.07 Å². The van der Waals surface area contributed by atoms with Crippen molar-refractivity contribution < 1.29 is 27.6 Å². The van der Waals surface area contributed by atoms with Crippen molar-refractivity contribution in [1.82, 2.24) is 0 Å². The van der Waals surface area contributed by atoms with Crippen LogP contribution in [0.2, 0.25) is 0 Å². The van der Waals surface area contributed by atoms with Gasteiger partial charge in [0.05, 0.1) is 27.6 Å². The highest BCUT2D eigenvalue weighted by molar-refractivity contribution is 7.92. The van der Waals surface area contributed by atoms with Gasteiger partial charge in [-0.3, -0.25) is 19.2 Å². The van der Waals surface area contributed by atoms with Crippen LogP contribution in [-0.4, -0.2) is 38.3 Å². The molecule has 0 aliphatic carbocycles.